The van der Waals surface area contributed by atoms with Gasteiger partial charge < -0.3 is 0 Å². The van der Waals surface area contributed by atoms with Crippen molar-refractivity contribution in [2.75, 3.05) is 0 Å². The van der Waals surface area contributed by atoms with E-state index in [4.69, 9.17) is 10.2 Å². The van der Waals surface area contributed by atoms with E-state index in [1.54, 1.807) is 6.07 Å². The molecule has 2 rings (SSSR count). The largest absolute Gasteiger partial charge is 0.701 e. The van der Waals surface area contributed by atoms with Crippen molar-refractivity contribution < 1.29 is 22.8 Å². The molecule has 1 N–H and O–H groups in total. The summed E-state index contributed by atoms with van der Waals surface area (Å²) in [7, 11) is -3.43. The van der Waals surface area contributed by atoms with Crippen molar-refractivity contribution >= 4 is 45.6 Å². The van der Waals surface area contributed by atoms with Gasteiger partial charge in [0.1, 0.15) is 0 Å². The van der Waals surface area contributed by atoms with Crippen molar-refractivity contribution in [1.82, 2.24) is 0 Å². The number of alkyl halides is 2. The second-order valence-electron chi connectivity index (χ2n) is 3.76. The number of hydrogen-bond donors (Lipinski definition) is 1. The maximum atomic E-state index is 13.7. The predicted octanol–water partition coefficient (Wildman–Crippen LogP) is 4.45. The maximum Gasteiger partial charge on any atom is 0.701 e. The molecule has 1 atom stereocenters. The van der Waals surface area contributed by atoms with Gasteiger partial charge in [-0.1, -0.05) is 15.9 Å². The van der Waals surface area contributed by atoms with Crippen molar-refractivity contribution in [2.45, 2.75) is 12.5 Å². The van der Waals surface area contributed by atoms with E-state index in [9.17, 15) is 13.3 Å². The van der Waals surface area contributed by atoms with Crippen LogP contribution in [0, 0.1) is 11.3 Å². The summed E-state index contributed by atoms with van der Waals surface area (Å²) < 4.78 is 42.4. The zero-order valence-electron chi connectivity index (χ0n) is 9.64. The summed E-state index contributed by atoms with van der Waals surface area (Å²) in [6.07, 6.45) is -3.69. The van der Waals surface area contributed by atoms with Gasteiger partial charge in [-0.2, -0.15) is 14.0 Å². The average Bonchev–Trinajstić information content (AvgIpc) is 2.67. The van der Waals surface area contributed by atoms with Crippen LogP contribution in [0.5, 0.6) is 0 Å². The van der Waals surface area contributed by atoms with Gasteiger partial charge >= 0.3 is 14.4 Å². The molecule has 1 unspecified atom stereocenters. The Kier molecular flexibility index (Phi) is 4.47. The average molecular weight is 381 g/mol. The molecule has 0 aliphatic carbocycles. The van der Waals surface area contributed by atoms with Crippen LogP contribution in [0.4, 0.5) is 8.78 Å². The van der Waals surface area contributed by atoms with Gasteiger partial charge in [-0.25, -0.2) is 0 Å². The quantitative estimate of drug-likeness (QED) is 0.795. The van der Waals surface area contributed by atoms with Gasteiger partial charge in [0.05, 0.1) is 18.1 Å². The molecule has 0 saturated heterocycles. The first kappa shape index (κ1) is 15.4. The third kappa shape index (κ3) is 3.19. The zero-order valence-corrected chi connectivity index (χ0v) is 12.9. The van der Waals surface area contributed by atoms with Gasteiger partial charge in [0, 0.05) is 18.6 Å². The Balaban J connectivity index is 2.52. The van der Waals surface area contributed by atoms with Gasteiger partial charge in [-0.15, -0.1) is 16.2 Å². The summed E-state index contributed by atoms with van der Waals surface area (Å²) >= 11 is 4.32. The van der Waals surface area contributed by atoms with Gasteiger partial charge in [0.2, 0.25) is 0 Å². The fourth-order valence-corrected chi connectivity index (χ4v) is 3.69. The van der Waals surface area contributed by atoms with Crippen LogP contribution in [0.1, 0.15) is 10.4 Å². The third-order valence-corrected chi connectivity index (χ3v) is 4.56. The number of thiophene rings is 1. The van der Waals surface area contributed by atoms with Crippen LogP contribution in [0.2, 0.25) is 0 Å². The lowest BCUT2D eigenvalue weighted by Crippen LogP contribution is -2.15. The molecule has 0 fully saturated rings. The molecule has 0 aliphatic rings. The topological polar surface area (TPSA) is 70.3 Å². The highest BCUT2D eigenvalue weighted by atomic mass is 79.9. The van der Waals surface area contributed by atoms with Crippen molar-refractivity contribution in [3.05, 3.63) is 33.1 Å². The van der Waals surface area contributed by atoms with Crippen molar-refractivity contribution in [3.63, 3.8) is 0 Å². The SMILES string of the molecule is N#CCc1cc2cc(C(F)(F)O[P+](=O)O)c(Br)cc2s1. The lowest BCUT2D eigenvalue weighted by molar-refractivity contribution is -0.186. The minimum Gasteiger partial charge on any atom is -0.198 e. The molecule has 1 aromatic heterocycles. The molecule has 0 bridgehead atoms. The van der Waals surface area contributed by atoms with Crippen LogP contribution in [0.15, 0.2) is 22.7 Å². The Hall–Kier alpha value is -0.970. The number of halogens is 3. The first-order chi connectivity index (χ1) is 9.33. The summed E-state index contributed by atoms with van der Waals surface area (Å²) in [5.41, 5.74) is -0.538. The lowest BCUT2D eigenvalue weighted by atomic mass is 10.1. The van der Waals surface area contributed by atoms with Gasteiger partial charge in [-0.3, -0.25) is 0 Å². The molecule has 0 spiro atoms. The molecule has 2 aromatic rings. The van der Waals surface area contributed by atoms with E-state index in [0.717, 1.165) is 9.58 Å². The fourth-order valence-electron chi connectivity index (χ4n) is 1.65. The van der Waals surface area contributed by atoms with Crippen LogP contribution in [0.3, 0.4) is 0 Å². The number of fused-ring (bicyclic) bond motifs is 1. The van der Waals surface area contributed by atoms with Crippen LogP contribution >= 0.6 is 35.5 Å². The third-order valence-electron chi connectivity index (χ3n) is 2.42. The van der Waals surface area contributed by atoms with Gasteiger partial charge in [-0.05, 0) is 28.1 Å². The molecule has 104 valence electrons. The summed E-state index contributed by atoms with van der Waals surface area (Å²) in [6.45, 7) is 0. The van der Waals surface area contributed by atoms with E-state index in [2.05, 4.69) is 20.5 Å². The number of hydrogen-bond acceptors (Lipinski definition) is 4. The Labute approximate surface area is 125 Å². The predicted molar refractivity (Wildman–Crippen MR) is 73.6 cm³/mol. The minimum absolute atomic E-state index is 0.0669. The Morgan fingerprint density at radius 2 is 2.20 bits per heavy atom. The van der Waals surface area contributed by atoms with Crippen molar-refractivity contribution in [2.24, 2.45) is 0 Å². The van der Waals surface area contributed by atoms with E-state index in [1.807, 2.05) is 6.07 Å². The first-order valence-corrected chi connectivity index (χ1v) is 7.90. The van der Waals surface area contributed by atoms with Crippen molar-refractivity contribution in [3.8, 4) is 6.07 Å². The van der Waals surface area contributed by atoms with E-state index in [0.29, 0.717) is 5.39 Å². The summed E-state index contributed by atoms with van der Waals surface area (Å²) in [6, 6.07) is 6.26. The van der Waals surface area contributed by atoms with Crippen molar-refractivity contribution in [1.29, 1.82) is 5.26 Å². The molecule has 9 heteroatoms. The minimum atomic E-state index is -3.88. The zero-order chi connectivity index (χ0) is 14.9. The molecular weight excluding hydrogens is 375 g/mol. The first-order valence-electron chi connectivity index (χ1n) is 5.16. The molecule has 0 amide bonds. The molecule has 0 aliphatic heterocycles. The van der Waals surface area contributed by atoms with E-state index in [1.165, 1.54) is 23.5 Å². The molecule has 0 radical (unpaired) electrons. The number of nitriles is 1. The second-order valence-corrected chi connectivity index (χ2v) is 6.44. The highest BCUT2D eigenvalue weighted by molar-refractivity contribution is 9.10. The second kappa shape index (κ2) is 5.80. The van der Waals surface area contributed by atoms with E-state index < -0.39 is 19.9 Å². The maximum absolute atomic E-state index is 13.7. The Morgan fingerprint density at radius 3 is 2.80 bits per heavy atom. The monoisotopic (exact) mass is 380 g/mol. The number of benzene rings is 1. The van der Waals surface area contributed by atoms with E-state index >= 15 is 0 Å². The fraction of sp³-hybridized carbons (Fsp3) is 0.182. The molecule has 4 nitrogen and oxygen atoms in total. The lowest BCUT2D eigenvalue weighted by Gasteiger charge is -2.11. The van der Waals surface area contributed by atoms with E-state index in [-0.39, 0.29) is 10.9 Å². The summed E-state index contributed by atoms with van der Waals surface area (Å²) in [4.78, 5) is 9.24. The standard InChI is InChI=1S/C11H5BrF2NO3PS/c12-9-5-10-6(3-7(20-10)1-2-15)4-8(9)11(13,14)18-19(16)17/h3-5H,1H2/p+1. The van der Waals surface area contributed by atoms with Crippen LogP contribution in [0.25, 0.3) is 10.1 Å². The Morgan fingerprint density at radius 1 is 1.50 bits per heavy atom. The summed E-state index contributed by atoms with van der Waals surface area (Å²) in [5, 5.41) is 9.15. The van der Waals surface area contributed by atoms with Gasteiger partial charge in [0.15, 0.2) is 0 Å². The van der Waals surface area contributed by atoms with Crippen LogP contribution in [-0.2, 0) is 21.6 Å². The highest BCUT2D eigenvalue weighted by Crippen LogP contribution is 2.43. The molecule has 20 heavy (non-hydrogen) atoms. The molecule has 1 heterocycles. The van der Waals surface area contributed by atoms with Gasteiger partial charge in [0.25, 0.3) is 0 Å². The summed E-state index contributed by atoms with van der Waals surface area (Å²) in [5.74, 6) is 0. The normalized spacial score (nSPS) is 12.4. The number of rotatable bonds is 4. The molecular formula is C11H6BrF2NO3PS+. The molecule has 1 aromatic carbocycles. The van der Waals surface area contributed by atoms with Crippen LogP contribution < -0.4 is 0 Å². The smallest absolute Gasteiger partial charge is 0.198 e. The highest BCUT2D eigenvalue weighted by Gasteiger charge is 2.44. The Bertz CT molecular complexity index is 728. The number of nitrogens with zero attached hydrogens (tertiary/aromatic N) is 1. The molecule has 0 saturated carbocycles. The van der Waals surface area contributed by atoms with Crippen LogP contribution in [-0.4, -0.2) is 4.89 Å².